The number of amidine groups is 1. The Morgan fingerprint density at radius 3 is 2.48 bits per heavy atom. The molecule has 0 radical (unpaired) electrons. The van der Waals surface area contributed by atoms with Crippen LogP contribution in [-0.4, -0.2) is 18.0 Å². The van der Waals surface area contributed by atoms with Crippen LogP contribution >= 0.6 is 0 Å². The first-order valence-corrected chi connectivity index (χ1v) is 8.31. The van der Waals surface area contributed by atoms with Gasteiger partial charge < -0.3 is 11.5 Å². The minimum Gasteiger partial charge on any atom is -0.382 e. The number of nitrogens with zero attached hydrogens (tertiary/aromatic N) is 2. The van der Waals surface area contributed by atoms with Gasteiger partial charge in [-0.3, -0.25) is 0 Å². The molecule has 0 heterocycles. The Kier molecular flexibility index (Phi) is 4.49. The van der Waals surface area contributed by atoms with E-state index in [1.165, 1.54) is 11.2 Å². The molecule has 0 fully saturated rings. The van der Waals surface area contributed by atoms with E-state index in [0.29, 0.717) is 11.4 Å². The summed E-state index contributed by atoms with van der Waals surface area (Å²) < 4.78 is 14.2. The molecule has 1 unspecified atom stereocenters. The average molecular weight is 341 g/mol. The van der Waals surface area contributed by atoms with Crippen LogP contribution in [0.3, 0.4) is 0 Å². The molecule has 0 saturated heterocycles. The molecule has 0 aromatic heterocycles. The van der Waals surface area contributed by atoms with Gasteiger partial charge in [-0.05, 0) is 72.7 Å². The summed E-state index contributed by atoms with van der Waals surface area (Å²) >= 11 is 0. The van der Waals surface area contributed by atoms with Gasteiger partial charge in [0.05, 0.1) is 0 Å². The smallest absolute Gasteiger partial charge is 0.152 e. The van der Waals surface area contributed by atoms with E-state index in [2.05, 4.69) is 5.10 Å². The van der Waals surface area contributed by atoms with Crippen LogP contribution in [-0.2, 0) is 6.42 Å². The van der Waals surface area contributed by atoms with E-state index in [0.717, 1.165) is 46.2 Å². The van der Waals surface area contributed by atoms with Crippen molar-refractivity contribution in [3.8, 4) is 11.1 Å². The van der Waals surface area contributed by atoms with Crippen molar-refractivity contribution in [2.75, 3.05) is 7.05 Å². The molecule has 3 rings (SSSR count). The number of nitrogens with two attached hydrogens (primary N) is 3. The molecule has 2 aromatic carbocycles. The van der Waals surface area contributed by atoms with Gasteiger partial charge in [0, 0.05) is 24.2 Å². The fourth-order valence-electron chi connectivity index (χ4n) is 3.75. The van der Waals surface area contributed by atoms with Crippen molar-refractivity contribution in [2.45, 2.75) is 32.7 Å². The topological polar surface area (TPSA) is 93.7 Å². The lowest BCUT2D eigenvalue weighted by molar-refractivity contribution is 0.371. The Morgan fingerprint density at radius 2 is 1.88 bits per heavy atom. The quantitative estimate of drug-likeness (QED) is 0.346. The zero-order valence-corrected chi connectivity index (χ0v) is 14.8. The van der Waals surface area contributed by atoms with Gasteiger partial charge >= 0.3 is 0 Å². The molecule has 1 aliphatic carbocycles. The first kappa shape index (κ1) is 17.4. The summed E-state index contributed by atoms with van der Waals surface area (Å²) in [5.74, 6) is 5.68. The Morgan fingerprint density at radius 1 is 1.24 bits per heavy atom. The number of hydrogen-bond donors (Lipinski definition) is 3. The lowest BCUT2D eigenvalue weighted by Gasteiger charge is -2.17. The molecule has 5 nitrogen and oxygen atoms in total. The molecule has 0 amide bonds. The van der Waals surface area contributed by atoms with Crippen molar-refractivity contribution in [1.82, 2.24) is 5.12 Å². The first-order valence-electron chi connectivity index (χ1n) is 8.31. The highest BCUT2D eigenvalue weighted by molar-refractivity contribution is 5.98. The highest BCUT2D eigenvalue weighted by Crippen LogP contribution is 2.40. The summed E-state index contributed by atoms with van der Waals surface area (Å²) in [6, 6.07) is 7.11. The second-order valence-corrected chi connectivity index (χ2v) is 6.68. The first-order chi connectivity index (χ1) is 11.8. The number of aryl methyl sites for hydroxylation is 2. The number of halogens is 1. The minimum atomic E-state index is -0.224. The second-order valence-electron chi connectivity index (χ2n) is 6.68. The van der Waals surface area contributed by atoms with Gasteiger partial charge in [0.25, 0.3) is 0 Å². The van der Waals surface area contributed by atoms with Crippen molar-refractivity contribution >= 4 is 5.84 Å². The normalized spacial score (nSPS) is 16.9. The minimum absolute atomic E-state index is 0.210. The zero-order valence-electron chi connectivity index (χ0n) is 14.8. The van der Waals surface area contributed by atoms with Gasteiger partial charge in [0.2, 0.25) is 0 Å². The summed E-state index contributed by atoms with van der Waals surface area (Å²) in [6.07, 6.45) is 1.58. The SMILES string of the molecule is Cc1cc(/C(N)=N/N(C)N)cc(C)c1-c1ccc(F)c2c1CCC2N. The Hall–Kier alpha value is -2.44. The largest absolute Gasteiger partial charge is 0.382 e. The van der Waals surface area contributed by atoms with Crippen LogP contribution in [0, 0.1) is 19.7 Å². The van der Waals surface area contributed by atoms with Crippen molar-refractivity contribution < 1.29 is 4.39 Å². The number of fused-ring (bicyclic) bond motifs is 1. The molecule has 0 aliphatic heterocycles. The van der Waals surface area contributed by atoms with E-state index in [9.17, 15) is 4.39 Å². The van der Waals surface area contributed by atoms with E-state index < -0.39 is 0 Å². The summed E-state index contributed by atoms with van der Waals surface area (Å²) in [6.45, 7) is 4.05. The third-order valence-electron chi connectivity index (χ3n) is 4.74. The van der Waals surface area contributed by atoms with Crippen LogP contribution in [0.1, 0.15) is 40.3 Å². The van der Waals surface area contributed by atoms with Crippen LogP contribution in [0.2, 0.25) is 0 Å². The van der Waals surface area contributed by atoms with Crippen LogP contribution in [0.5, 0.6) is 0 Å². The Balaban J connectivity index is 2.15. The van der Waals surface area contributed by atoms with Gasteiger partial charge in [-0.1, -0.05) is 6.07 Å². The number of hydrazone groups is 1. The fourth-order valence-corrected chi connectivity index (χ4v) is 3.75. The van der Waals surface area contributed by atoms with Gasteiger partial charge in [0.15, 0.2) is 5.84 Å². The third kappa shape index (κ3) is 3.10. The van der Waals surface area contributed by atoms with Gasteiger partial charge in [-0.15, -0.1) is 5.10 Å². The average Bonchev–Trinajstić information content (AvgIpc) is 2.91. The molecule has 2 aromatic rings. The van der Waals surface area contributed by atoms with E-state index >= 15 is 0 Å². The number of hydrogen-bond acceptors (Lipinski definition) is 4. The predicted molar refractivity (Wildman–Crippen MR) is 99.2 cm³/mol. The molecule has 6 heteroatoms. The molecule has 0 saturated carbocycles. The van der Waals surface area contributed by atoms with Crippen molar-refractivity contribution in [3.63, 3.8) is 0 Å². The maximum Gasteiger partial charge on any atom is 0.152 e. The molecule has 132 valence electrons. The molecule has 6 N–H and O–H groups in total. The van der Waals surface area contributed by atoms with Crippen molar-refractivity contribution in [2.24, 2.45) is 22.4 Å². The van der Waals surface area contributed by atoms with E-state index in [1.807, 2.05) is 32.0 Å². The molecule has 25 heavy (non-hydrogen) atoms. The molecule has 1 atom stereocenters. The highest BCUT2D eigenvalue weighted by atomic mass is 19.1. The van der Waals surface area contributed by atoms with Crippen LogP contribution < -0.4 is 17.3 Å². The summed E-state index contributed by atoms with van der Waals surface area (Å²) in [4.78, 5) is 0. The lowest BCUT2D eigenvalue weighted by atomic mass is 9.89. The molecule has 0 bridgehead atoms. The van der Waals surface area contributed by atoms with Crippen LogP contribution in [0.4, 0.5) is 4.39 Å². The maximum absolute atomic E-state index is 14.2. The zero-order chi connectivity index (χ0) is 18.3. The van der Waals surface area contributed by atoms with E-state index in [4.69, 9.17) is 17.3 Å². The number of benzene rings is 2. The van der Waals surface area contributed by atoms with Crippen LogP contribution in [0.25, 0.3) is 11.1 Å². The monoisotopic (exact) mass is 341 g/mol. The fraction of sp³-hybridized carbons (Fsp3) is 0.316. The van der Waals surface area contributed by atoms with E-state index in [-0.39, 0.29) is 11.9 Å². The summed E-state index contributed by atoms with van der Waals surface area (Å²) in [5, 5.41) is 5.23. The molecular formula is C19H24FN5. The van der Waals surface area contributed by atoms with Crippen molar-refractivity contribution in [3.05, 3.63) is 57.9 Å². The van der Waals surface area contributed by atoms with Gasteiger partial charge in [-0.25, -0.2) is 15.4 Å². The maximum atomic E-state index is 14.2. The van der Waals surface area contributed by atoms with Crippen molar-refractivity contribution in [1.29, 1.82) is 0 Å². The third-order valence-corrected chi connectivity index (χ3v) is 4.74. The highest BCUT2D eigenvalue weighted by Gasteiger charge is 2.26. The van der Waals surface area contributed by atoms with Gasteiger partial charge in [-0.2, -0.15) is 0 Å². The second kappa shape index (κ2) is 6.46. The molecular weight excluding hydrogens is 317 g/mol. The molecule has 0 spiro atoms. The Bertz CT molecular complexity index is 834. The predicted octanol–water partition coefficient (Wildman–Crippen LogP) is 2.48. The van der Waals surface area contributed by atoms with Crippen LogP contribution in [0.15, 0.2) is 29.4 Å². The lowest BCUT2D eigenvalue weighted by Crippen LogP contribution is -2.25. The standard InChI is InChI=1S/C19H24FN5/c1-10-8-12(19(22)24-25(3)23)9-11(2)17(10)13-4-6-15(20)18-14(13)5-7-16(18)21/h4,6,8-9,16H,5,7,21,23H2,1-3H3,(H2,22,24). The molecule has 1 aliphatic rings. The Labute approximate surface area is 147 Å². The number of hydrazine groups is 1. The summed E-state index contributed by atoms with van der Waals surface area (Å²) in [7, 11) is 1.62. The summed E-state index contributed by atoms with van der Waals surface area (Å²) in [5.41, 5.74) is 18.9. The van der Waals surface area contributed by atoms with Gasteiger partial charge in [0.1, 0.15) is 5.82 Å². The number of rotatable bonds is 3. The van der Waals surface area contributed by atoms with E-state index in [1.54, 1.807) is 7.05 Å².